The molecule has 0 saturated carbocycles. The van der Waals surface area contributed by atoms with Gasteiger partial charge in [-0.2, -0.15) is 0 Å². The molecule has 1 N–H and O–H groups in total. The molecule has 2 aliphatic heterocycles. The Morgan fingerprint density at radius 2 is 2.08 bits per heavy atom. The van der Waals surface area contributed by atoms with Gasteiger partial charge in [0.1, 0.15) is 0 Å². The number of nitrogens with zero attached hydrogens (tertiary/aromatic N) is 2. The highest BCUT2D eigenvalue weighted by Gasteiger charge is 2.41. The third kappa shape index (κ3) is 2.92. The van der Waals surface area contributed by atoms with Gasteiger partial charge in [0.2, 0.25) is 5.91 Å². The molecule has 6 heteroatoms. The Hall–Kier alpha value is -2.63. The first-order chi connectivity index (χ1) is 12.1. The van der Waals surface area contributed by atoms with Crippen LogP contribution in [-0.4, -0.2) is 40.3 Å². The molecule has 2 saturated heterocycles. The smallest absolute Gasteiger partial charge is 0.276 e. The van der Waals surface area contributed by atoms with Crippen molar-refractivity contribution in [3.8, 4) is 11.3 Å². The summed E-state index contributed by atoms with van der Waals surface area (Å²) in [6, 6.07) is 7.84. The highest BCUT2D eigenvalue weighted by Crippen LogP contribution is 2.32. The van der Waals surface area contributed by atoms with Crippen molar-refractivity contribution >= 4 is 11.8 Å². The number of rotatable bonds is 2. The summed E-state index contributed by atoms with van der Waals surface area (Å²) >= 11 is 0. The number of aromatic nitrogens is 1. The summed E-state index contributed by atoms with van der Waals surface area (Å²) in [5.41, 5.74) is 2.20. The van der Waals surface area contributed by atoms with Crippen LogP contribution >= 0.6 is 0 Å². The zero-order chi connectivity index (χ0) is 17.4. The monoisotopic (exact) mass is 339 g/mol. The van der Waals surface area contributed by atoms with Gasteiger partial charge in [0.15, 0.2) is 17.8 Å². The summed E-state index contributed by atoms with van der Waals surface area (Å²) in [5, 5.41) is 3.10. The SMILES string of the molecule is Cc1cccc(-c2ocnc2C(=O)N2CCC3(CCC(=O)N3)CC2)c1. The van der Waals surface area contributed by atoms with Crippen LogP contribution in [0.5, 0.6) is 0 Å². The Morgan fingerprint density at radius 3 is 2.76 bits per heavy atom. The molecule has 0 atom stereocenters. The van der Waals surface area contributed by atoms with E-state index in [2.05, 4.69) is 10.3 Å². The van der Waals surface area contributed by atoms with Gasteiger partial charge in [-0.15, -0.1) is 0 Å². The number of oxazole rings is 1. The van der Waals surface area contributed by atoms with E-state index >= 15 is 0 Å². The number of nitrogens with one attached hydrogen (secondary N) is 1. The van der Waals surface area contributed by atoms with Gasteiger partial charge in [-0.3, -0.25) is 9.59 Å². The lowest BCUT2D eigenvalue weighted by Gasteiger charge is -2.39. The van der Waals surface area contributed by atoms with Crippen LogP contribution in [0.1, 0.15) is 41.7 Å². The first-order valence-electron chi connectivity index (χ1n) is 8.67. The molecule has 130 valence electrons. The molecule has 3 heterocycles. The van der Waals surface area contributed by atoms with E-state index in [4.69, 9.17) is 4.42 Å². The minimum Gasteiger partial charge on any atom is -0.443 e. The number of amides is 2. The number of likely N-dealkylation sites (tertiary alicyclic amines) is 1. The van der Waals surface area contributed by atoms with Crippen LogP contribution in [0.3, 0.4) is 0 Å². The van der Waals surface area contributed by atoms with Gasteiger partial charge in [0.05, 0.1) is 0 Å². The van der Waals surface area contributed by atoms with Crippen LogP contribution in [-0.2, 0) is 4.79 Å². The number of hydrogen-bond donors (Lipinski definition) is 1. The predicted molar refractivity (Wildman–Crippen MR) is 91.9 cm³/mol. The molecule has 6 nitrogen and oxygen atoms in total. The largest absolute Gasteiger partial charge is 0.443 e. The van der Waals surface area contributed by atoms with Crippen LogP contribution in [0, 0.1) is 6.92 Å². The fraction of sp³-hybridized carbons (Fsp3) is 0.421. The molecule has 2 aliphatic rings. The highest BCUT2D eigenvalue weighted by atomic mass is 16.3. The van der Waals surface area contributed by atoms with Crippen molar-refractivity contribution < 1.29 is 14.0 Å². The Morgan fingerprint density at radius 1 is 1.28 bits per heavy atom. The second-order valence-corrected chi connectivity index (χ2v) is 7.02. The average Bonchev–Trinajstić information content (AvgIpc) is 3.22. The summed E-state index contributed by atoms with van der Waals surface area (Å²) < 4.78 is 5.51. The van der Waals surface area contributed by atoms with Gasteiger partial charge in [-0.05, 0) is 32.3 Å². The zero-order valence-corrected chi connectivity index (χ0v) is 14.2. The minimum absolute atomic E-state index is 0.107. The standard InChI is InChI=1S/C19H21N3O3/c1-13-3-2-4-14(11-13)17-16(20-12-25-17)18(24)22-9-7-19(8-10-22)6-5-15(23)21-19/h2-4,11-12H,5-10H2,1H3,(H,21,23). The van der Waals surface area contributed by atoms with Gasteiger partial charge in [-0.1, -0.05) is 23.8 Å². The lowest BCUT2D eigenvalue weighted by Crippen LogP contribution is -2.52. The van der Waals surface area contributed by atoms with Crippen LogP contribution in [0.25, 0.3) is 11.3 Å². The van der Waals surface area contributed by atoms with E-state index < -0.39 is 0 Å². The van der Waals surface area contributed by atoms with Crippen molar-refractivity contribution in [3.63, 3.8) is 0 Å². The maximum absolute atomic E-state index is 12.9. The fourth-order valence-electron chi connectivity index (χ4n) is 3.83. The second kappa shape index (κ2) is 6.02. The Bertz CT molecular complexity index is 819. The second-order valence-electron chi connectivity index (χ2n) is 7.02. The molecule has 1 spiro atoms. The van der Waals surface area contributed by atoms with Crippen molar-refractivity contribution in [1.82, 2.24) is 15.2 Å². The number of carbonyl (C=O) groups is 2. The number of piperidine rings is 1. The van der Waals surface area contributed by atoms with Crippen LogP contribution in [0.2, 0.25) is 0 Å². The van der Waals surface area contributed by atoms with E-state index in [0.29, 0.717) is 31.0 Å². The molecule has 0 unspecified atom stereocenters. The molecular formula is C19H21N3O3. The third-order valence-electron chi connectivity index (χ3n) is 5.29. The highest BCUT2D eigenvalue weighted by molar-refractivity contribution is 5.97. The van der Waals surface area contributed by atoms with Crippen molar-refractivity contribution in [2.45, 2.75) is 38.1 Å². The van der Waals surface area contributed by atoms with E-state index in [-0.39, 0.29) is 17.4 Å². The number of hydrogen-bond acceptors (Lipinski definition) is 4. The molecule has 1 aromatic carbocycles. The number of carbonyl (C=O) groups excluding carboxylic acids is 2. The first kappa shape index (κ1) is 15.9. The van der Waals surface area contributed by atoms with Crippen molar-refractivity contribution in [1.29, 1.82) is 0 Å². The minimum atomic E-state index is -0.114. The van der Waals surface area contributed by atoms with E-state index in [0.717, 1.165) is 30.4 Å². The lowest BCUT2D eigenvalue weighted by molar-refractivity contribution is -0.120. The quantitative estimate of drug-likeness (QED) is 0.912. The Kier molecular flexibility index (Phi) is 3.82. The summed E-state index contributed by atoms with van der Waals surface area (Å²) in [7, 11) is 0. The van der Waals surface area contributed by atoms with E-state index in [1.54, 1.807) is 0 Å². The predicted octanol–water partition coefficient (Wildman–Crippen LogP) is 2.53. The zero-order valence-electron chi connectivity index (χ0n) is 14.2. The third-order valence-corrected chi connectivity index (χ3v) is 5.29. The van der Waals surface area contributed by atoms with Crippen molar-refractivity contribution in [2.75, 3.05) is 13.1 Å². The number of benzene rings is 1. The molecular weight excluding hydrogens is 318 g/mol. The topological polar surface area (TPSA) is 75.4 Å². The molecule has 25 heavy (non-hydrogen) atoms. The van der Waals surface area contributed by atoms with Crippen molar-refractivity contribution in [2.24, 2.45) is 0 Å². The molecule has 2 aromatic rings. The summed E-state index contributed by atoms with van der Waals surface area (Å²) in [6.45, 7) is 3.25. The van der Waals surface area contributed by atoms with Crippen LogP contribution in [0.15, 0.2) is 35.1 Å². The Balaban J connectivity index is 1.51. The van der Waals surface area contributed by atoms with Crippen molar-refractivity contribution in [3.05, 3.63) is 41.9 Å². The van der Waals surface area contributed by atoms with E-state index in [1.165, 1.54) is 6.39 Å². The maximum Gasteiger partial charge on any atom is 0.276 e. The molecule has 0 bridgehead atoms. The van der Waals surface area contributed by atoms with Crippen LogP contribution in [0.4, 0.5) is 0 Å². The van der Waals surface area contributed by atoms with Gasteiger partial charge in [0.25, 0.3) is 5.91 Å². The summed E-state index contributed by atoms with van der Waals surface area (Å²) in [4.78, 5) is 30.4. The average molecular weight is 339 g/mol. The lowest BCUT2D eigenvalue weighted by atomic mass is 9.86. The molecule has 0 radical (unpaired) electrons. The molecule has 2 amide bonds. The van der Waals surface area contributed by atoms with E-state index in [9.17, 15) is 9.59 Å². The summed E-state index contributed by atoms with van der Waals surface area (Å²) in [6.07, 6.45) is 4.37. The normalized spacial score (nSPS) is 19.2. The first-order valence-corrected chi connectivity index (χ1v) is 8.67. The molecule has 1 aromatic heterocycles. The fourth-order valence-corrected chi connectivity index (χ4v) is 3.83. The number of aryl methyl sites for hydroxylation is 1. The summed E-state index contributed by atoms with van der Waals surface area (Å²) in [5.74, 6) is 0.533. The van der Waals surface area contributed by atoms with Crippen LogP contribution < -0.4 is 5.32 Å². The molecule has 0 aliphatic carbocycles. The van der Waals surface area contributed by atoms with Gasteiger partial charge >= 0.3 is 0 Å². The van der Waals surface area contributed by atoms with E-state index in [1.807, 2.05) is 36.1 Å². The Labute approximate surface area is 146 Å². The molecule has 2 fully saturated rings. The van der Waals surface area contributed by atoms with Gasteiger partial charge in [0, 0.05) is 30.6 Å². The van der Waals surface area contributed by atoms with Gasteiger partial charge < -0.3 is 14.6 Å². The molecule has 4 rings (SSSR count). The maximum atomic E-state index is 12.9. The van der Waals surface area contributed by atoms with Gasteiger partial charge in [-0.25, -0.2) is 4.98 Å².